The molecule has 0 radical (unpaired) electrons. The lowest BCUT2D eigenvalue weighted by molar-refractivity contribution is -0.00870. The Morgan fingerprint density at radius 3 is 2.17 bits per heavy atom. The molecule has 0 bridgehead atoms. The quantitative estimate of drug-likeness (QED) is 0.553. The SMILES string of the molecule is CC1(C)OB(CC2=CCC(F)(F)CC2)OC1(C)C. The lowest BCUT2D eigenvalue weighted by atomic mass is 9.77. The van der Waals surface area contributed by atoms with Gasteiger partial charge in [-0.2, -0.15) is 0 Å². The van der Waals surface area contributed by atoms with Crippen molar-refractivity contribution in [1.82, 2.24) is 0 Å². The highest BCUT2D eigenvalue weighted by atomic mass is 19.3. The Balaban J connectivity index is 1.95. The van der Waals surface area contributed by atoms with Crippen LogP contribution in [0.5, 0.6) is 0 Å². The first-order valence-electron chi connectivity index (χ1n) is 6.53. The van der Waals surface area contributed by atoms with Gasteiger partial charge in [-0.25, -0.2) is 8.78 Å². The predicted octanol–water partition coefficient (Wildman–Crippen LogP) is 3.82. The molecule has 2 aliphatic rings. The molecule has 1 fully saturated rings. The summed E-state index contributed by atoms with van der Waals surface area (Å²) < 4.78 is 37.8. The molecule has 0 spiro atoms. The first kappa shape index (κ1) is 14.0. The van der Waals surface area contributed by atoms with E-state index in [9.17, 15) is 8.78 Å². The summed E-state index contributed by atoms with van der Waals surface area (Å²) in [6.45, 7) is 7.99. The summed E-state index contributed by atoms with van der Waals surface area (Å²) in [5.74, 6) is -2.53. The van der Waals surface area contributed by atoms with E-state index >= 15 is 0 Å². The van der Waals surface area contributed by atoms with Crippen molar-refractivity contribution in [2.24, 2.45) is 0 Å². The minimum atomic E-state index is -2.53. The molecule has 2 nitrogen and oxygen atoms in total. The van der Waals surface area contributed by atoms with Crippen molar-refractivity contribution in [2.45, 2.75) is 70.4 Å². The van der Waals surface area contributed by atoms with Crippen molar-refractivity contribution in [1.29, 1.82) is 0 Å². The summed E-state index contributed by atoms with van der Waals surface area (Å²) in [6.07, 6.45) is 2.48. The fourth-order valence-corrected chi connectivity index (χ4v) is 2.29. The Kier molecular flexibility index (Phi) is 3.35. The van der Waals surface area contributed by atoms with E-state index in [0.717, 1.165) is 5.57 Å². The molecule has 0 unspecified atom stereocenters. The highest BCUT2D eigenvalue weighted by molar-refractivity contribution is 6.46. The molecule has 0 aromatic carbocycles. The Bertz CT molecular complexity index is 348. The maximum Gasteiger partial charge on any atom is 0.462 e. The highest BCUT2D eigenvalue weighted by Crippen LogP contribution is 2.40. The van der Waals surface area contributed by atoms with Crippen LogP contribution in [0.25, 0.3) is 0 Å². The summed E-state index contributed by atoms with van der Waals surface area (Å²) in [6, 6.07) is 0. The number of allylic oxidation sites excluding steroid dienone is 2. The minimum absolute atomic E-state index is 0.0572. The summed E-state index contributed by atoms with van der Waals surface area (Å²) in [5, 5.41) is 0. The zero-order chi connectivity index (χ0) is 13.6. The molecule has 1 heterocycles. The second kappa shape index (κ2) is 4.31. The predicted molar refractivity (Wildman–Crippen MR) is 67.8 cm³/mol. The second-order valence-corrected chi connectivity index (χ2v) is 6.31. The molecule has 1 aliphatic heterocycles. The third-order valence-electron chi connectivity index (χ3n) is 4.23. The minimum Gasteiger partial charge on any atom is -0.403 e. The zero-order valence-corrected chi connectivity index (χ0v) is 11.6. The molecule has 0 atom stereocenters. The molecule has 2 rings (SSSR count). The number of hydrogen-bond acceptors (Lipinski definition) is 2. The molecule has 1 aliphatic carbocycles. The van der Waals surface area contributed by atoms with Gasteiger partial charge in [-0.3, -0.25) is 0 Å². The van der Waals surface area contributed by atoms with Gasteiger partial charge in [-0.1, -0.05) is 11.6 Å². The summed E-state index contributed by atoms with van der Waals surface area (Å²) >= 11 is 0. The number of halogens is 2. The van der Waals surface area contributed by atoms with E-state index < -0.39 is 5.92 Å². The summed E-state index contributed by atoms with van der Waals surface area (Å²) in [4.78, 5) is 0. The first-order valence-corrected chi connectivity index (χ1v) is 6.53. The molecule has 1 saturated heterocycles. The van der Waals surface area contributed by atoms with Crippen molar-refractivity contribution in [2.75, 3.05) is 0 Å². The largest absolute Gasteiger partial charge is 0.462 e. The Labute approximate surface area is 108 Å². The van der Waals surface area contributed by atoms with Gasteiger partial charge in [0, 0.05) is 19.2 Å². The van der Waals surface area contributed by atoms with Crippen molar-refractivity contribution < 1.29 is 18.1 Å². The van der Waals surface area contributed by atoms with Gasteiger partial charge in [0.25, 0.3) is 5.92 Å². The van der Waals surface area contributed by atoms with Gasteiger partial charge in [0.15, 0.2) is 0 Å². The third kappa shape index (κ3) is 2.77. The van der Waals surface area contributed by atoms with Crippen LogP contribution in [0.4, 0.5) is 8.78 Å². The maximum atomic E-state index is 13.0. The van der Waals surface area contributed by atoms with Crippen molar-refractivity contribution in [3.63, 3.8) is 0 Å². The molecule has 18 heavy (non-hydrogen) atoms. The second-order valence-electron chi connectivity index (χ2n) is 6.31. The standard InChI is InChI=1S/C13H21BF2O2/c1-11(2)12(3,4)18-14(17-11)9-10-5-7-13(15,16)8-6-10/h5H,6-9H2,1-4H3. The van der Waals surface area contributed by atoms with Crippen LogP contribution in [0.2, 0.25) is 6.32 Å². The van der Waals surface area contributed by atoms with Crippen LogP contribution in [-0.4, -0.2) is 24.2 Å². The van der Waals surface area contributed by atoms with E-state index in [4.69, 9.17) is 9.31 Å². The van der Waals surface area contributed by atoms with Crippen LogP contribution in [0, 0.1) is 0 Å². The molecule has 0 amide bonds. The van der Waals surface area contributed by atoms with Crippen molar-refractivity contribution in [3.8, 4) is 0 Å². The van der Waals surface area contributed by atoms with Gasteiger partial charge in [-0.05, 0) is 34.1 Å². The molecule has 0 N–H and O–H groups in total. The van der Waals surface area contributed by atoms with Crippen molar-refractivity contribution >= 4 is 7.12 Å². The van der Waals surface area contributed by atoms with Gasteiger partial charge in [-0.15, -0.1) is 0 Å². The number of hydrogen-bond donors (Lipinski definition) is 0. The average Bonchev–Trinajstić information content (AvgIpc) is 2.39. The monoisotopic (exact) mass is 258 g/mol. The topological polar surface area (TPSA) is 18.5 Å². The Morgan fingerprint density at radius 2 is 1.72 bits per heavy atom. The Morgan fingerprint density at radius 1 is 1.17 bits per heavy atom. The maximum absolute atomic E-state index is 13.0. The third-order valence-corrected chi connectivity index (χ3v) is 4.23. The van der Waals surface area contributed by atoms with E-state index in [0.29, 0.717) is 12.7 Å². The number of rotatable bonds is 2. The lowest BCUT2D eigenvalue weighted by Crippen LogP contribution is -2.41. The van der Waals surface area contributed by atoms with Gasteiger partial charge in [0.2, 0.25) is 0 Å². The van der Waals surface area contributed by atoms with Crippen molar-refractivity contribution in [3.05, 3.63) is 11.6 Å². The van der Waals surface area contributed by atoms with Crippen LogP contribution in [0.3, 0.4) is 0 Å². The van der Waals surface area contributed by atoms with Gasteiger partial charge in [0.1, 0.15) is 0 Å². The summed E-state index contributed by atoms with van der Waals surface area (Å²) in [5.41, 5.74) is 0.327. The van der Waals surface area contributed by atoms with E-state index in [-0.39, 0.29) is 31.2 Å². The number of alkyl halides is 2. The fourth-order valence-electron chi connectivity index (χ4n) is 2.29. The normalized spacial score (nSPS) is 29.2. The zero-order valence-electron chi connectivity index (χ0n) is 11.6. The molecule has 102 valence electrons. The van der Waals surface area contributed by atoms with E-state index in [1.807, 2.05) is 27.7 Å². The van der Waals surface area contributed by atoms with E-state index in [1.165, 1.54) is 0 Å². The van der Waals surface area contributed by atoms with Crippen LogP contribution >= 0.6 is 0 Å². The summed E-state index contributed by atoms with van der Waals surface area (Å²) in [7, 11) is -0.312. The average molecular weight is 258 g/mol. The molecule has 0 aromatic heterocycles. The Hall–Kier alpha value is -0.415. The smallest absolute Gasteiger partial charge is 0.403 e. The van der Waals surface area contributed by atoms with Crippen LogP contribution in [-0.2, 0) is 9.31 Å². The van der Waals surface area contributed by atoms with Gasteiger partial charge in [0.05, 0.1) is 11.2 Å². The van der Waals surface area contributed by atoms with E-state index in [2.05, 4.69) is 0 Å². The first-order chi connectivity index (χ1) is 8.11. The fraction of sp³-hybridized carbons (Fsp3) is 0.846. The van der Waals surface area contributed by atoms with E-state index in [1.54, 1.807) is 6.08 Å². The molecular formula is C13H21BF2O2. The lowest BCUT2D eigenvalue weighted by Gasteiger charge is -2.32. The molecule has 0 saturated carbocycles. The molecular weight excluding hydrogens is 237 g/mol. The van der Waals surface area contributed by atoms with Crippen LogP contribution < -0.4 is 0 Å². The highest BCUT2D eigenvalue weighted by Gasteiger charge is 2.51. The van der Waals surface area contributed by atoms with Crippen LogP contribution in [0.15, 0.2) is 11.6 Å². The molecule has 5 heteroatoms. The molecule has 0 aromatic rings. The van der Waals surface area contributed by atoms with Gasteiger partial charge >= 0.3 is 7.12 Å². The van der Waals surface area contributed by atoms with Gasteiger partial charge < -0.3 is 9.31 Å². The van der Waals surface area contributed by atoms with Crippen LogP contribution in [0.1, 0.15) is 47.0 Å².